The zero-order chi connectivity index (χ0) is 18.0. The van der Waals surface area contributed by atoms with Crippen LogP contribution < -0.4 is 0 Å². The van der Waals surface area contributed by atoms with Crippen molar-refractivity contribution in [3.63, 3.8) is 0 Å². The molecule has 1 rings (SSSR count). The summed E-state index contributed by atoms with van der Waals surface area (Å²) in [5.74, 6) is -1.99. The van der Waals surface area contributed by atoms with E-state index in [2.05, 4.69) is 0 Å². The van der Waals surface area contributed by atoms with Crippen molar-refractivity contribution in [3.8, 4) is 5.75 Å². The number of phenols is 1. The average molecular weight is 356 g/mol. The highest BCUT2D eigenvalue weighted by molar-refractivity contribution is 7.99. The molecule has 6 nitrogen and oxygen atoms in total. The maximum Gasteiger partial charge on any atom is 0.337 e. The molecule has 1 atom stereocenters. The van der Waals surface area contributed by atoms with Crippen molar-refractivity contribution < 1.29 is 30.0 Å². The molecule has 0 radical (unpaired) electrons. The molecule has 0 spiro atoms. The van der Waals surface area contributed by atoms with Gasteiger partial charge in [-0.05, 0) is 42.7 Å². The van der Waals surface area contributed by atoms with Crippen LogP contribution in [0.3, 0.4) is 0 Å². The number of aliphatic carboxylic acids is 2. The molecule has 0 amide bonds. The Hall–Kier alpha value is -1.73. The number of carboxylic acid groups (broad SMARTS) is 2. The normalized spacial score (nSPS) is 13.4. The first-order valence-electron chi connectivity index (χ1n) is 7.87. The highest BCUT2D eigenvalue weighted by atomic mass is 32.2. The van der Waals surface area contributed by atoms with Gasteiger partial charge in [-0.1, -0.05) is 25.0 Å². The van der Waals surface area contributed by atoms with Crippen molar-refractivity contribution in [2.45, 2.75) is 44.1 Å². The number of aromatic hydroxyl groups is 1. The lowest BCUT2D eigenvalue weighted by atomic mass is 10.0. The molecule has 0 aromatic heterocycles. The molecule has 134 valence electrons. The Bertz CT molecular complexity index is 530. The molecule has 0 saturated heterocycles. The third-order valence-corrected chi connectivity index (χ3v) is 4.88. The van der Waals surface area contributed by atoms with E-state index in [9.17, 15) is 19.8 Å². The summed E-state index contributed by atoms with van der Waals surface area (Å²) in [6.45, 7) is 0. The summed E-state index contributed by atoms with van der Waals surface area (Å²) < 4.78 is 0. The first-order chi connectivity index (χ1) is 11.3. The summed E-state index contributed by atoms with van der Waals surface area (Å²) in [5, 5.41) is 36.6. The summed E-state index contributed by atoms with van der Waals surface area (Å²) in [6, 6.07) is 7.15. The van der Waals surface area contributed by atoms with Crippen molar-refractivity contribution >= 4 is 23.7 Å². The monoisotopic (exact) mass is 356 g/mol. The fourth-order valence-electron chi connectivity index (χ4n) is 2.23. The Kier molecular flexibility index (Phi) is 8.63. The molecule has 1 aromatic rings. The summed E-state index contributed by atoms with van der Waals surface area (Å²) in [6.07, 6.45) is 4.12. The van der Waals surface area contributed by atoms with Crippen LogP contribution in [0.25, 0.3) is 0 Å². The minimum absolute atomic E-state index is 0.123. The van der Waals surface area contributed by atoms with Gasteiger partial charge in [0.25, 0.3) is 0 Å². The van der Waals surface area contributed by atoms with E-state index in [4.69, 9.17) is 10.2 Å². The summed E-state index contributed by atoms with van der Waals surface area (Å²) >= 11 is 1.26. The van der Waals surface area contributed by atoms with Gasteiger partial charge in [0.15, 0.2) is 5.60 Å². The van der Waals surface area contributed by atoms with E-state index in [1.54, 1.807) is 12.1 Å². The maximum atomic E-state index is 11.0. The van der Waals surface area contributed by atoms with Crippen LogP contribution in [0.5, 0.6) is 5.75 Å². The van der Waals surface area contributed by atoms with Crippen molar-refractivity contribution in [1.82, 2.24) is 0 Å². The Morgan fingerprint density at radius 3 is 2.21 bits per heavy atom. The molecule has 0 saturated carbocycles. The van der Waals surface area contributed by atoms with Gasteiger partial charge in [-0.3, -0.25) is 4.79 Å². The third kappa shape index (κ3) is 7.70. The van der Waals surface area contributed by atoms with E-state index in [1.807, 2.05) is 12.1 Å². The van der Waals surface area contributed by atoms with E-state index >= 15 is 0 Å². The van der Waals surface area contributed by atoms with Gasteiger partial charge in [-0.15, -0.1) is 0 Å². The molecular formula is C17H24O6S. The second-order valence-corrected chi connectivity index (χ2v) is 6.90. The number of rotatable bonds is 12. The minimum Gasteiger partial charge on any atom is -0.508 e. The number of unbranched alkanes of at least 4 members (excludes halogenated alkanes) is 3. The zero-order valence-corrected chi connectivity index (χ0v) is 14.3. The average Bonchev–Trinajstić information content (AvgIpc) is 2.51. The Balaban J connectivity index is 2.12. The van der Waals surface area contributed by atoms with Crippen LogP contribution in [0.2, 0.25) is 0 Å². The van der Waals surface area contributed by atoms with E-state index in [-0.39, 0.29) is 11.5 Å². The quantitative estimate of drug-likeness (QED) is 0.425. The van der Waals surface area contributed by atoms with Gasteiger partial charge in [0.2, 0.25) is 0 Å². The van der Waals surface area contributed by atoms with Crippen LogP contribution in [-0.2, 0) is 16.0 Å². The third-order valence-electron chi connectivity index (χ3n) is 3.62. The summed E-state index contributed by atoms with van der Waals surface area (Å²) in [4.78, 5) is 21.6. The number of aryl methyl sites for hydroxylation is 1. The highest BCUT2D eigenvalue weighted by Crippen LogP contribution is 2.20. The number of benzene rings is 1. The second-order valence-electron chi connectivity index (χ2n) is 5.79. The largest absolute Gasteiger partial charge is 0.508 e. The van der Waals surface area contributed by atoms with E-state index in [0.29, 0.717) is 5.75 Å². The van der Waals surface area contributed by atoms with Crippen molar-refractivity contribution in [1.29, 1.82) is 0 Å². The number of hydrogen-bond donors (Lipinski definition) is 4. The fraction of sp³-hybridized carbons (Fsp3) is 0.529. The number of phenolic OH excluding ortho intramolecular Hbond substituents is 1. The van der Waals surface area contributed by atoms with Crippen molar-refractivity contribution in [2.24, 2.45) is 0 Å². The van der Waals surface area contributed by atoms with Gasteiger partial charge in [0, 0.05) is 5.75 Å². The first kappa shape index (κ1) is 20.3. The molecule has 7 heteroatoms. The Morgan fingerprint density at radius 1 is 1.00 bits per heavy atom. The topological polar surface area (TPSA) is 115 Å². The van der Waals surface area contributed by atoms with Crippen molar-refractivity contribution in [2.75, 3.05) is 11.5 Å². The fourth-order valence-corrected chi connectivity index (χ4v) is 3.34. The molecule has 1 aromatic carbocycles. The first-order valence-corrected chi connectivity index (χ1v) is 9.02. The lowest BCUT2D eigenvalue weighted by molar-refractivity contribution is -0.162. The summed E-state index contributed by atoms with van der Waals surface area (Å²) in [5.41, 5.74) is -1.02. The number of carboxylic acids is 2. The van der Waals surface area contributed by atoms with Gasteiger partial charge >= 0.3 is 11.9 Å². The maximum absolute atomic E-state index is 11.0. The van der Waals surface area contributed by atoms with Crippen LogP contribution in [0.4, 0.5) is 0 Å². The molecule has 0 aliphatic heterocycles. The molecule has 0 aliphatic carbocycles. The lowest BCUT2D eigenvalue weighted by Crippen LogP contribution is -2.43. The molecule has 0 aliphatic rings. The van der Waals surface area contributed by atoms with E-state index in [0.717, 1.165) is 32.1 Å². The minimum atomic E-state index is -2.20. The molecular weight excluding hydrogens is 332 g/mol. The van der Waals surface area contributed by atoms with E-state index < -0.39 is 24.0 Å². The molecule has 0 bridgehead atoms. The molecule has 0 fully saturated rings. The van der Waals surface area contributed by atoms with Crippen LogP contribution in [0, 0.1) is 0 Å². The molecule has 24 heavy (non-hydrogen) atoms. The van der Waals surface area contributed by atoms with Gasteiger partial charge < -0.3 is 20.4 Å². The van der Waals surface area contributed by atoms with Crippen LogP contribution in [0.1, 0.15) is 37.7 Å². The zero-order valence-electron chi connectivity index (χ0n) is 13.5. The Morgan fingerprint density at radius 2 is 1.62 bits per heavy atom. The molecule has 1 unspecified atom stereocenters. The number of thioether (sulfide) groups is 1. The van der Waals surface area contributed by atoms with Crippen molar-refractivity contribution in [3.05, 3.63) is 29.8 Å². The SMILES string of the molecule is O=C(O)CC(O)(CSCCCCCCc1ccc(O)cc1)C(=O)O. The molecule has 0 heterocycles. The smallest absolute Gasteiger partial charge is 0.337 e. The predicted octanol–water partition coefficient (Wildman–Crippen LogP) is 2.52. The number of hydrogen-bond acceptors (Lipinski definition) is 5. The lowest BCUT2D eigenvalue weighted by Gasteiger charge is -2.20. The predicted molar refractivity (Wildman–Crippen MR) is 92.4 cm³/mol. The number of aliphatic hydroxyl groups is 1. The second kappa shape index (κ2) is 10.2. The van der Waals surface area contributed by atoms with Crippen LogP contribution in [-0.4, -0.2) is 49.5 Å². The van der Waals surface area contributed by atoms with Gasteiger partial charge in [-0.2, -0.15) is 11.8 Å². The van der Waals surface area contributed by atoms with Crippen LogP contribution >= 0.6 is 11.8 Å². The standard InChI is InChI=1S/C17H24O6S/c18-14-8-6-13(7-9-14)5-3-1-2-4-10-24-12-17(23,16(21)22)11-15(19)20/h6-9,18,23H,1-5,10-12H2,(H,19,20)(H,21,22). The number of carbonyl (C=O) groups is 2. The van der Waals surface area contributed by atoms with Gasteiger partial charge in [-0.25, -0.2) is 4.79 Å². The van der Waals surface area contributed by atoms with Gasteiger partial charge in [0.1, 0.15) is 5.75 Å². The van der Waals surface area contributed by atoms with Crippen LogP contribution in [0.15, 0.2) is 24.3 Å². The summed E-state index contributed by atoms with van der Waals surface area (Å²) in [7, 11) is 0. The Labute approximate surface area is 145 Å². The van der Waals surface area contributed by atoms with Gasteiger partial charge in [0.05, 0.1) is 6.42 Å². The highest BCUT2D eigenvalue weighted by Gasteiger charge is 2.38. The molecule has 4 N–H and O–H groups in total. The van der Waals surface area contributed by atoms with E-state index in [1.165, 1.54) is 17.3 Å².